The number of nitrogens with one attached hydrogen (secondary N) is 2. The highest BCUT2D eigenvalue weighted by Crippen LogP contribution is 1.93. The Bertz CT molecular complexity index is 343. The van der Waals surface area contributed by atoms with Gasteiger partial charge in [-0.3, -0.25) is 5.43 Å². The van der Waals surface area contributed by atoms with E-state index in [1.54, 1.807) is 6.20 Å². The summed E-state index contributed by atoms with van der Waals surface area (Å²) in [6.07, 6.45) is 2.53. The van der Waals surface area contributed by atoms with Crippen LogP contribution in [0.3, 0.4) is 0 Å². The third-order valence-corrected chi connectivity index (χ3v) is 2.13. The van der Waals surface area contributed by atoms with Gasteiger partial charge >= 0.3 is 0 Å². The van der Waals surface area contributed by atoms with Crippen LogP contribution in [0.2, 0.25) is 0 Å². The van der Waals surface area contributed by atoms with E-state index in [2.05, 4.69) is 25.9 Å². The van der Waals surface area contributed by atoms with Gasteiger partial charge in [0, 0.05) is 26.0 Å². The summed E-state index contributed by atoms with van der Waals surface area (Å²) in [5, 5.41) is 10.8. The lowest BCUT2D eigenvalue weighted by molar-refractivity contribution is 0.145. The van der Waals surface area contributed by atoms with E-state index >= 15 is 0 Å². The Morgan fingerprint density at radius 2 is 2.44 bits per heavy atom. The summed E-state index contributed by atoms with van der Waals surface area (Å²) >= 11 is 0. The van der Waals surface area contributed by atoms with Crippen LogP contribution in [0.15, 0.2) is 23.3 Å². The monoisotopic (exact) mass is 252 g/mol. The summed E-state index contributed by atoms with van der Waals surface area (Å²) < 4.78 is 5.23. The predicted octanol–water partition coefficient (Wildman–Crippen LogP) is -0.188. The van der Waals surface area contributed by atoms with Gasteiger partial charge in [-0.05, 0) is 25.5 Å². The molecular formula is C11H20N6O. The Hall–Kier alpha value is -1.73. The first-order chi connectivity index (χ1) is 8.86. The van der Waals surface area contributed by atoms with Crippen molar-refractivity contribution in [2.75, 3.05) is 19.8 Å². The maximum atomic E-state index is 5.37. The maximum Gasteiger partial charge on any atom is 0.206 e. The minimum atomic E-state index is 0.436. The molecule has 0 saturated heterocycles. The fourth-order valence-electron chi connectivity index (χ4n) is 1.26. The van der Waals surface area contributed by atoms with Crippen molar-refractivity contribution in [1.82, 2.24) is 20.9 Å². The smallest absolute Gasteiger partial charge is 0.206 e. The zero-order chi connectivity index (χ0) is 13.1. The lowest BCUT2D eigenvalue weighted by Crippen LogP contribution is -2.42. The number of ether oxygens (including phenoxy) is 1. The lowest BCUT2D eigenvalue weighted by Gasteiger charge is -2.08. The minimum Gasteiger partial charge on any atom is -0.382 e. The van der Waals surface area contributed by atoms with Crippen molar-refractivity contribution in [3.63, 3.8) is 0 Å². The summed E-state index contributed by atoms with van der Waals surface area (Å²) in [5.41, 5.74) is 3.31. The van der Waals surface area contributed by atoms with Gasteiger partial charge in [0.1, 0.15) is 0 Å². The largest absolute Gasteiger partial charge is 0.382 e. The molecule has 0 amide bonds. The second-order valence-corrected chi connectivity index (χ2v) is 3.50. The average Bonchev–Trinajstić information content (AvgIpc) is 2.43. The lowest BCUT2D eigenvalue weighted by atomic mass is 10.4. The normalized spacial score (nSPS) is 11.3. The molecule has 18 heavy (non-hydrogen) atoms. The summed E-state index contributed by atoms with van der Waals surface area (Å²) in [6.45, 7) is 4.63. The topological polar surface area (TPSA) is 97.4 Å². The number of hydrazine groups is 1. The highest BCUT2D eigenvalue weighted by molar-refractivity contribution is 5.79. The Morgan fingerprint density at radius 3 is 3.11 bits per heavy atom. The number of nitrogens with two attached hydrogens (primary N) is 1. The summed E-state index contributed by atoms with van der Waals surface area (Å²) in [4.78, 5) is 4.26. The van der Waals surface area contributed by atoms with Gasteiger partial charge in [0.15, 0.2) is 0 Å². The molecule has 0 radical (unpaired) electrons. The molecule has 7 heteroatoms. The molecule has 1 aromatic heterocycles. The maximum absolute atomic E-state index is 5.37. The van der Waals surface area contributed by atoms with Gasteiger partial charge in [0.2, 0.25) is 5.96 Å². The standard InChI is InChI=1S/C11H20N6O/c1-2-18-8-4-6-13-11(16-12)14-9-10-5-3-7-15-17-10/h3,5,7H,2,4,6,8-9,12H2,1H3,(H2,13,14,16). The second kappa shape index (κ2) is 9.32. The average molecular weight is 252 g/mol. The van der Waals surface area contributed by atoms with Gasteiger partial charge in [-0.1, -0.05) is 0 Å². The summed E-state index contributed by atoms with van der Waals surface area (Å²) in [7, 11) is 0. The molecule has 1 heterocycles. The number of hydrogen-bond donors (Lipinski definition) is 3. The quantitative estimate of drug-likeness (QED) is 0.205. The molecule has 7 nitrogen and oxygen atoms in total. The van der Waals surface area contributed by atoms with Crippen molar-refractivity contribution in [3.8, 4) is 0 Å². The molecule has 0 aliphatic rings. The molecule has 0 unspecified atom stereocenters. The minimum absolute atomic E-state index is 0.436. The predicted molar refractivity (Wildman–Crippen MR) is 69.6 cm³/mol. The Balaban J connectivity index is 2.27. The molecule has 0 fully saturated rings. The van der Waals surface area contributed by atoms with Crippen LogP contribution in [0.5, 0.6) is 0 Å². The number of guanidine groups is 1. The number of aromatic nitrogens is 2. The van der Waals surface area contributed by atoms with E-state index < -0.39 is 0 Å². The highest BCUT2D eigenvalue weighted by atomic mass is 16.5. The fourth-order valence-corrected chi connectivity index (χ4v) is 1.26. The Kier molecular flexibility index (Phi) is 7.42. The summed E-state index contributed by atoms with van der Waals surface area (Å²) in [5.74, 6) is 5.91. The highest BCUT2D eigenvalue weighted by Gasteiger charge is 1.96. The molecule has 4 N–H and O–H groups in total. The zero-order valence-electron chi connectivity index (χ0n) is 10.6. The van der Waals surface area contributed by atoms with E-state index in [0.717, 1.165) is 31.9 Å². The van der Waals surface area contributed by atoms with Gasteiger partial charge in [0.25, 0.3) is 0 Å². The van der Waals surface area contributed by atoms with Crippen LogP contribution in [-0.4, -0.2) is 35.9 Å². The first kappa shape index (κ1) is 14.3. The van der Waals surface area contributed by atoms with Crippen molar-refractivity contribution in [3.05, 3.63) is 24.0 Å². The Morgan fingerprint density at radius 1 is 1.56 bits per heavy atom. The molecule has 0 saturated carbocycles. The van der Waals surface area contributed by atoms with E-state index in [9.17, 15) is 0 Å². The van der Waals surface area contributed by atoms with Crippen LogP contribution in [-0.2, 0) is 11.3 Å². The van der Waals surface area contributed by atoms with Gasteiger partial charge in [0.05, 0.1) is 12.2 Å². The number of rotatable bonds is 7. The number of aliphatic imine (C=N–C) groups is 1. The second-order valence-electron chi connectivity index (χ2n) is 3.50. The van der Waals surface area contributed by atoms with Crippen molar-refractivity contribution >= 4 is 5.96 Å². The molecule has 0 bridgehead atoms. The molecule has 0 aliphatic heterocycles. The molecule has 0 atom stereocenters. The third kappa shape index (κ3) is 6.12. The van der Waals surface area contributed by atoms with Crippen molar-refractivity contribution in [1.29, 1.82) is 0 Å². The van der Waals surface area contributed by atoms with Crippen LogP contribution in [0.1, 0.15) is 19.0 Å². The van der Waals surface area contributed by atoms with Crippen LogP contribution >= 0.6 is 0 Å². The van der Waals surface area contributed by atoms with Crippen LogP contribution in [0.25, 0.3) is 0 Å². The summed E-state index contributed by atoms with van der Waals surface area (Å²) in [6, 6.07) is 3.68. The number of hydrogen-bond acceptors (Lipinski definition) is 5. The van der Waals surface area contributed by atoms with Crippen molar-refractivity contribution < 1.29 is 4.74 Å². The Labute approximate surface area is 107 Å². The third-order valence-electron chi connectivity index (χ3n) is 2.13. The first-order valence-electron chi connectivity index (χ1n) is 5.96. The van der Waals surface area contributed by atoms with Crippen LogP contribution in [0, 0.1) is 0 Å². The van der Waals surface area contributed by atoms with Gasteiger partial charge in [-0.2, -0.15) is 10.2 Å². The molecule has 0 spiro atoms. The van der Waals surface area contributed by atoms with Crippen LogP contribution < -0.4 is 16.6 Å². The van der Waals surface area contributed by atoms with Crippen molar-refractivity contribution in [2.45, 2.75) is 19.9 Å². The molecule has 1 rings (SSSR count). The first-order valence-corrected chi connectivity index (χ1v) is 5.96. The van der Waals surface area contributed by atoms with Gasteiger partial charge in [-0.15, -0.1) is 0 Å². The molecule has 100 valence electrons. The molecule has 0 aliphatic carbocycles. The zero-order valence-corrected chi connectivity index (χ0v) is 10.6. The van der Waals surface area contributed by atoms with Crippen LogP contribution in [0.4, 0.5) is 0 Å². The molecule has 0 aromatic carbocycles. The van der Waals surface area contributed by atoms with E-state index in [1.807, 2.05) is 19.1 Å². The van der Waals surface area contributed by atoms with E-state index in [4.69, 9.17) is 10.6 Å². The van der Waals surface area contributed by atoms with Gasteiger partial charge < -0.3 is 10.1 Å². The molecule has 1 aromatic rings. The van der Waals surface area contributed by atoms with Crippen molar-refractivity contribution in [2.24, 2.45) is 10.8 Å². The van der Waals surface area contributed by atoms with E-state index in [1.165, 1.54) is 0 Å². The van der Waals surface area contributed by atoms with E-state index in [-0.39, 0.29) is 0 Å². The molecular weight excluding hydrogens is 232 g/mol. The van der Waals surface area contributed by atoms with E-state index in [0.29, 0.717) is 12.5 Å². The number of nitrogens with zero attached hydrogens (tertiary/aromatic N) is 3. The van der Waals surface area contributed by atoms with Gasteiger partial charge in [-0.25, -0.2) is 10.8 Å². The SMILES string of the molecule is CCOCCCNC(=NCc1cccnn1)NN. The fraction of sp³-hybridized carbons (Fsp3) is 0.545.